The Bertz CT molecular complexity index is 950. The summed E-state index contributed by atoms with van der Waals surface area (Å²) in [6.07, 6.45) is 1.53. The highest BCUT2D eigenvalue weighted by Gasteiger charge is 2.12. The van der Waals surface area contributed by atoms with Gasteiger partial charge in [0.25, 0.3) is 5.91 Å². The number of benzene rings is 2. The molecule has 7 heteroatoms. The maximum Gasteiger partial charge on any atom is 0.321 e. The molecule has 3 aromatic rings. The van der Waals surface area contributed by atoms with Crippen LogP contribution in [0, 0.1) is 0 Å². The Labute approximate surface area is 155 Å². The average Bonchev–Trinajstić information content (AvgIpc) is 3.18. The molecule has 0 radical (unpaired) electrons. The van der Waals surface area contributed by atoms with Crippen molar-refractivity contribution < 1.29 is 23.5 Å². The van der Waals surface area contributed by atoms with E-state index in [1.807, 2.05) is 42.5 Å². The molecular formula is C20H18N2O5. The van der Waals surface area contributed by atoms with Gasteiger partial charge in [-0.3, -0.25) is 14.9 Å². The second-order valence-corrected chi connectivity index (χ2v) is 5.83. The van der Waals surface area contributed by atoms with Crippen LogP contribution in [0.2, 0.25) is 0 Å². The molecule has 27 heavy (non-hydrogen) atoms. The van der Waals surface area contributed by atoms with E-state index in [-0.39, 0.29) is 13.0 Å². The van der Waals surface area contributed by atoms with E-state index >= 15 is 0 Å². The summed E-state index contributed by atoms with van der Waals surface area (Å²) in [4.78, 5) is 35.2. The first-order valence-electron chi connectivity index (χ1n) is 8.33. The largest absolute Gasteiger partial charge is 0.467 e. The van der Waals surface area contributed by atoms with Crippen LogP contribution >= 0.6 is 0 Å². The first kappa shape index (κ1) is 18.2. The number of carbonyl (C=O) groups is 3. The fourth-order valence-electron chi connectivity index (χ4n) is 2.50. The fraction of sp³-hybridized carbons (Fsp3) is 0.150. The summed E-state index contributed by atoms with van der Waals surface area (Å²) in [6.45, 7) is -0.381. The summed E-state index contributed by atoms with van der Waals surface area (Å²) in [5, 5.41) is 6.63. The Hall–Kier alpha value is -3.61. The number of urea groups is 1. The van der Waals surface area contributed by atoms with Crippen LogP contribution in [0.5, 0.6) is 0 Å². The number of ether oxygens (including phenoxy) is 1. The van der Waals surface area contributed by atoms with Crippen molar-refractivity contribution in [3.05, 3.63) is 72.2 Å². The summed E-state index contributed by atoms with van der Waals surface area (Å²) in [6, 6.07) is 16.2. The van der Waals surface area contributed by atoms with Crippen molar-refractivity contribution in [3.8, 4) is 0 Å². The lowest BCUT2D eigenvalue weighted by Crippen LogP contribution is -2.41. The molecule has 2 aromatic carbocycles. The standard InChI is InChI=1S/C20H18N2O5/c23-18(22-20(25)21-12-17-6-3-9-26-17)13-27-19(24)11-14-7-8-15-4-1-2-5-16(15)10-14/h1-10H,11-13H2,(H2,21,22,23,25). The minimum absolute atomic E-state index is 0.0444. The minimum Gasteiger partial charge on any atom is -0.467 e. The van der Waals surface area contributed by atoms with E-state index in [2.05, 4.69) is 10.6 Å². The summed E-state index contributed by atoms with van der Waals surface area (Å²) >= 11 is 0. The zero-order chi connectivity index (χ0) is 19.1. The Morgan fingerprint density at radius 1 is 0.963 bits per heavy atom. The predicted octanol–water partition coefficient (Wildman–Crippen LogP) is 2.54. The molecule has 0 bridgehead atoms. The van der Waals surface area contributed by atoms with Crippen LogP contribution in [0.15, 0.2) is 65.3 Å². The lowest BCUT2D eigenvalue weighted by molar-refractivity contribution is -0.147. The molecule has 0 aliphatic carbocycles. The molecule has 0 aliphatic heterocycles. The number of hydrogen-bond acceptors (Lipinski definition) is 5. The van der Waals surface area contributed by atoms with E-state index in [4.69, 9.17) is 9.15 Å². The molecule has 2 N–H and O–H groups in total. The van der Waals surface area contributed by atoms with Gasteiger partial charge in [-0.05, 0) is 28.5 Å². The van der Waals surface area contributed by atoms with E-state index in [9.17, 15) is 14.4 Å². The molecule has 3 amide bonds. The third kappa shape index (κ3) is 5.43. The van der Waals surface area contributed by atoms with Gasteiger partial charge in [-0.15, -0.1) is 0 Å². The third-order valence-electron chi connectivity index (χ3n) is 3.78. The van der Waals surface area contributed by atoms with E-state index in [1.165, 1.54) is 6.26 Å². The summed E-state index contributed by atoms with van der Waals surface area (Å²) in [7, 11) is 0. The molecule has 138 valence electrons. The van der Waals surface area contributed by atoms with E-state index < -0.39 is 24.5 Å². The fourth-order valence-corrected chi connectivity index (χ4v) is 2.50. The van der Waals surface area contributed by atoms with E-state index in [1.54, 1.807) is 12.1 Å². The molecule has 0 aliphatic rings. The number of amides is 3. The van der Waals surface area contributed by atoms with Gasteiger partial charge in [0.15, 0.2) is 6.61 Å². The Morgan fingerprint density at radius 2 is 1.78 bits per heavy atom. The number of carbonyl (C=O) groups excluding carboxylic acids is 3. The van der Waals surface area contributed by atoms with Crippen molar-refractivity contribution in [2.24, 2.45) is 0 Å². The third-order valence-corrected chi connectivity index (χ3v) is 3.78. The van der Waals surface area contributed by atoms with Crippen LogP contribution in [0.4, 0.5) is 4.79 Å². The average molecular weight is 366 g/mol. The number of imide groups is 1. The molecule has 0 fully saturated rings. The van der Waals surface area contributed by atoms with Crippen molar-refractivity contribution in [1.82, 2.24) is 10.6 Å². The number of furan rings is 1. The van der Waals surface area contributed by atoms with Gasteiger partial charge < -0.3 is 14.5 Å². The van der Waals surface area contributed by atoms with E-state index in [0.717, 1.165) is 16.3 Å². The highest BCUT2D eigenvalue weighted by Crippen LogP contribution is 2.16. The summed E-state index contributed by atoms with van der Waals surface area (Å²) in [5.74, 6) is -0.699. The molecule has 0 atom stereocenters. The highest BCUT2D eigenvalue weighted by atomic mass is 16.5. The quantitative estimate of drug-likeness (QED) is 0.654. The maximum absolute atomic E-state index is 11.9. The number of esters is 1. The van der Waals surface area contributed by atoms with Crippen molar-refractivity contribution in [3.63, 3.8) is 0 Å². The Morgan fingerprint density at radius 3 is 2.56 bits per heavy atom. The van der Waals surface area contributed by atoms with Gasteiger partial charge in [-0.2, -0.15) is 0 Å². The molecule has 0 spiro atoms. The number of rotatable bonds is 6. The van der Waals surface area contributed by atoms with Gasteiger partial charge in [0.05, 0.1) is 19.2 Å². The monoisotopic (exact) mass is 366 g/mol. The predicted molar refractivity (Wildman–Crippen MR) is 97.7 cm³/mol. The van der Waals surface area contributed by atoms with Crippen LogP contribution in [-0.2, 0) is 27.3 Å². The number of fused-ring (bicyclic) bond motifs is 1. The smallest absolute Gasteiger partial charge is 0.321 e. The van der Waals surface area contributed by atoms with Crippen molar-refractivity contribution in [2.45, 2.75) is 13.0 Å². The lowest BCUT2D eigenvalue weighted by atomic mass is 10.1. The molecule has 7 nitrogen and oxygen atoms in total. The molecule has 1 aromatic heterocycles. The van der Waals surface area contributed by atoms with Crippen LogP contribution in [0.3, 0.4) is 0 Å². The Kier molecular flexibility index (Phi) is 5.84. The zero-order valence-electron chi connectivity index (χ0n) is 14.4. The molecule has 0 saturated carbocycles. The molecule has 0 saturated heterocycles. The molecule has 3 rings (SSSR count). The second kappa shape index (κ2) is 8.66. The van der Waals surface area contributed by atoms with Gasteiger partial charge in [0.1, 0.15) is 5.76 Å². The SMILES string of the molecule is O=C(COC(=O)Cc1ccc2ccccc2c1)NC(=O)NCc1ccco1. The van der Waals surface area contributed by atoms with Gasteiger partial charge in [-0.1, -0.05) is 42.5 Å². The first-order valence-corrected chi connectivity index (χ1v) is 8.33. The van der Waals surface area contributed by atoms with Gasteiger partial charge >= 0.3 is 12.0 Å². The normalized spacial score (nSPS) is 10.4. The second-order valence-electron chi connectivity index (χ2n) is 5.83. The van der Waals surface area contributed by atoms with Crippen molar-refractivity contribution in [1.29, 1.82) is 0 Å². The zero-order valence-corrected chi connectivity index (χ0v) is 14.4. The molecule has 1 heterocycles. The van der Waals surface area contributed by atoms with Gasteiger partial charge in [0, 0.05) is 0 Å². The Balaban J connectivity index is 1.41. The van der Waals surface area contributed by atoms with E-state index in [0.29, 0.717) is 5.76 Å². The van der Waals surface area contributed by atoms with Crippen molar-refractivity contribution >= 4 is 28.7 Å². The topological polar surface area (TPSA) is 97.6 Å². The molecular weight excluding hydrogens is 348 g/mol. The summed E-state index contributed by atoms with van der Waals surface area (Å²) in [5.41, 5.74) is 0.787. The first-order chi connectivity index (χ1) is 13.1. The van der Waals surface area contributed by atoms with Crippen LogP contribution < -0.4 is 10.6 Å². The number of nitrogens with one attached hydrogen (secondary N) is 2. The lowest BCUT2D eigenvalue weighted by Gasteiger charge is -2.07. The van der Waals surface area contributed by atoms with Crippen LogP contribution in [-0.4, -0.2) is 24.5 Å². The molecule has 0 unspecified atom stereocenters. The van der Waals surface area contributed by atoms with Crippen LogP contribution in [0.25, 0.3) is 10.8 Å². The number of hydrogen-bond donors (Lipinski definition) is 2. The van der Waals surface area contributed by atoms with Gasteiger partial charge in [-0.25, -0.2) is 4.79 Å². The van der Waals surface area contributed by atoms with Crippen molar-refractivity contribution in [2.75, 3.05) is 6.61 Å². The van der Waals surface area contributed by atoms with Gasteiger partial charge in [0.2, 0.25) is 0 Å². The maximum atomic E-state index is 11.9. The minimum atomic E-state index is -0.709. The summed E-state index contributed by atoms with van der Waals surface area (Å²) < 4.78 is 9.98. The highest BCUT2D eigenvalue weighted by molar-refractivity contribution is 5.95. The van der Waals surface area contributed by atoms with Crippen LogP contribution in [0.1, 0.15) is 11.3 Å².